The summed E-state index contributed by atoms with van der Waals surface area (Å²) in [5.41, 5.74) is 0.922. The van der Waals surface area contributed by atoms with Gasteiger partial charge in [-0.05, 0) is 31.0 Å². The summed E-state index contributed by atoms with van der Waals surface area (Å²) in [5.74, 6) is -0.198. The van der Waals surface area contributed by atoms with Gasteiger partial charge >= 0.3 is 0 Å². The van der Waals surface area contributed by atoms with Gasteiger partial charge in [-0.1, -0.05) is 25.5 Å². The lowest BCUT2D eigenvalue weighted by molar-refractivity contribution is -0.0645. The van der Waals surface area contributed by atoms with Crippen LogP contribution < -0.4 is 5.32 Å². The molecule has 1 aromatic rings. The summed E-state index contributed by atoms with van der Waals surface area (Å²) in [6.45, 7) is 5.12. The molecule has 2 nitrogen and oxygen atoms in total. The van der Waals surface area contributed by atoms with Gasteiger partial charge in [0, 0.05) is 12.6 Å². The highest BCUT2D eigenvalue weighted by Gasteiger charge is 2.28. The summed E-state index contributed by atoms with van der Waals surface area (Å²) in [7, 11) is 0. The van der Waals surface area contributed by atoms with Crippen molar-refractivity contribution in [2.75, 3.05) is 6.54 Å². The lowest BCUT2D eigenvalue weighted by Gasteiger charge is -2.36. The Morgan fingerprint density at radius 3 is 3.00 bits per heavy atom. The highest BCUT2D eigenvalue weighted by atomic mass is 19.1. The average molecular weight is 237 g/mol. The Balaban J connectivity index is 2.12. The molecule has 1 aromatic carbocycles. The molecule has 0 spiro atoms. The number of hydrogen-bond donors (Lipinski definition) is 1. The molecular weight excluding hydrogens is 217 g/mol. The summed E-state index contributed by atoms with van der Waals surface area (Å²) in [4.78, 5) is 0. The van der Waals surface area contributed by atoms with E-state index in [4.69, 9.17) is 4.74 Å². The van der Waals surface area contributed by atoms with E-state index in [0.29, 0.717) is 0 Å². The molecule has 0 bridgehead atoms. The van der Waals surface area contributed by atoms with Gasteiger partial charge in [-0.2, -0.15) is 0 Å². The van der Waals surface area contributed by atoms with E-state index in [1.807, 2.05) is 6.07 Å². The normalized spacial score (nSPS) is 29.2. The Labute approximate surface area is 102 Å². The number of morpholine rings is 1. The molecule has 0 saturated carbocycles. The van der Waals surface area contributed by atoms with Crippen molar-refractivity contribution in [1.29, 1.82) is 0 Å². The van der Waals surface area contributed by atoms with Crippen LogP contribution in [0.2, 0.25) is 0 Å². The van der Waals surface area contributed by atoms with Gasteiger partial charge in [0.2, 0.25) is 0 Å². The van der Waals surface area contributed by atoms with E-state index in [1.165, 1.54) is 6.07 Å². The SMILES string of the molecule is CCCC1CNC(C)C(c2cccc(F)c2)O1. The molecule has 1 aliphatic heterocycles. The first-order chi connectivity index (χ1) is 8.20. The zero-order valence-electron chi connectivity index (χ0n) is 10.4. The molecule has 0 radical (unpaired) electrons. The molecule has 1 N–H and O–H groups in total. The van der Waals surface area contributed by atoms with Crippen molar-refractivity contribution in [3.05, 3.63) is 35.6 Å². The fourth-order valence-electron chi connectivity index (χ4n) is 2.34. The highest BCUT2D eigenvalue weighted by Crippen LogP contribution is 2.27. The van der Waals surface area contributed by atoms with Gasteiger partial charge in [-0.15, -0.1) is 0 Å². The van der Waals surface area contributed by atoms with Crippen LogP contribution in [0.1, 0.15) is 38.4 Å². The lowest BCUT2D eigenvalue weighted by atomic mass is 10.00. The molecule has 0 aliphatic carbocycles. The van der Waals surface area contributed by atoms with Crippen molar-refractivity contribution < 1.29 is 9.13 Å². The molecule has 1 aliphatic rings. The maximum absolute atomic E-state index is 13.2. The molecule has 17 heavy (non-hydrogen) atoms. The van der Waals surface area contributed by atoms with Crippen LogP contribution in [0.5, 0.6) is 0 Å². The largest absolute Gasteiger partial charge is 0.367 e. The number of benzene rings is 1. The summed E-state index contributed by atoms with van der Waals surface area (Å²) in [6.07, 6.45) is 2.35. The van der Waals surface area contributed by atoms with Gasteiger partial charge in [0.15, 0.2) is 0 Å². The molecule has 0 aromatic heterocycles. The number of halogens is 1. The smallest absolute Gasteiger partial charge is 0.123 e. The quantitative estimate of drug-likeness (QED) is 0.872. The first-order valence-corrected chi connectivity index (χ1v) is 6.35. The van der Waals surface area contributed by atoms with Crippen molar-refractivity contribution in [3.8, 4) is 0 Å². The van der Waals surface area contributed by atoms with Crippen LogP contribution in [0, 0.1) is 5.82 Å². The summed E-state index contributed by atoms with van der Waals surface area (Å²) < 4.78 is 19.3. The van der Waals surface area contributed by atoms with E-state index in [2.05, 4.69) is 19.2 Å². The van der Waals surface area contributed by atoms with Gasteiger partial charge in [0.25, 0.3) is 0 Å². The van der Waals surface area contributed by atoms with E-state index < -0.39 is 0 Å². The molecule has 1 fully saturated rings. The van der Waals surface area contributed by atoms with E-state index in [9.17, 15) is 4.39 Å². The van der Waals surface area contributed by atoms with Crippen LogP contribution in [-0.2, 0) is 4.74 Å². The predicted molar refractivity (Wildman–Crippen MR) is 66.4 cm³/mol. The molecule has 2 rings (SSSR count). The Morgan fingerprint density at radius 1 is 1.47 bits per heavy atom. The van der Waals surface area contributed by atoms with Gasteiger partial charge < -0.3 is 10.1 Å². The maximum atomic E-state index is 13.2. The summed E-state index contributed by atoms with van der Waals surface area (Å²) in [6, 6.07) is 6.93. The van der Waals surface area contributed by atoms with Gasteiger partial charge in [-0.25, -0.2) is 4.39 Å². The molecule has 3 heteroatoms. The molecule has 3 atom stereocenters. The van der Waals surface area contributed by atoms with Crippen LogP contribution in [0.25, 0.3) is 0 Å². The average Bonchev–Trinajstić information content (AvgIpc) is 2.32. The van der Waals surface area contributed by atoms with Crippen molar-refractivity contribution in [2.45, 2.75) is 44.9 Å². The van der Waals surface area contributed by atoms with Crippen LogP contribution in [0.4, 0.5) is 4.39 Å². The number of hydrogen-bond acceptors (Lipinski definition) is 2. The maximum Gasteiger partial charge on any atom is 0.123 e. The highest BCUT2D eigenvalue weighted by molar-refractivity contribution is 5.20. The predicted octanol–water partition coefficient (Wildman–Crippen LogP) is 3.04. The Kier molecular flexibility index (Phi) is 4.13. The fraction of sp³-hybridized carbons (Fsp3) is 0.571. The first kappa shape index (κ1) is 12.5. The molecule has 3 unspecified atom stereocenters. The zero-order chi connectivity index (χ0) is 12.3. The second-order valence-corrected chi connectivity index (χ2v) is 4.72. The van der Waals surface area contributed by atoms with Gasteiger partial charge in [0.1, 0.15) is 5.82 Å². The van der Waals surface area contributed by atoms with Crippen LogP contribution in [0.15, 0.2) is 24.3 Å². The topological polar surface area (TPSA) is 21.3 Å². The second kappa shape index (κ2) is 5.61. The van der Waals surface area contributed by atoms with Crippen molar-refractivity contribution in [1.82, 2.24) is 5.32 Å². The van der Waals surface area contributed by atoms with Gasteiger partial charge in [-0.3, -0.25) is 0 Å². The molecule has 0 amide bonds. The minimum Gasteiger partial charge on any atom is -0.367 e. The minimum atomic E-state index is -0.198. The second-order valence-electron chi connectivity index (χ2n) is 4.72. The summed E-state index contributed by atoms with van der Waals surface area (Å²) in [5, 5.41) is 3.44. The van der Waals surface area contributed by atoms with E-state index in [-0.39, 0.29) is 24.1 Å². The van der Waals surface area contributed by atoms with Gasteiger partial charge in [0.05, 0.1) is 12.2 Å². The van der Waals surface area contributed by atoms with Crippen molar-refractivity contribution >= 4 is 0 Å². The first-order valence-electron chi connectivity index (χ1n) is 6.35. The van der Waals surface area contributed by atoms with E-state index >= 15 is 0 Å². The fourth-order valence-corrected chi connectivity index (χ4v) is 2.34. The Morgan fingerprint density at radius 2 is 2.29 bits per heavy atom. The summed E-state index contributed by atoms with van der Waals surface area (Å²) >= 11 is 0. The van der Waals surface area contributed by atoms with E-state index in [1.54, 1.807) is 12.1 Å². The molecular formula is C14H20FNO. The monoisotopic (exact) mass is 237 g/mol. The van der Waals surface area contributed by atoms with E-state index in [0.717, 1.165) is 24.9 Å². The number of nitrogens with one attached hydrogen (secondary N) is 1. The standard InChI is InChI=1S/C14H20FNO/c1-3-5-13-9-16-10(2)14(17-13)11-6-4-7-12(15)8-11/h4,6-8,10,13-14,16H,3,5,9H2,1-2H3. The van der Waals surface area contributed by atoms with Crippen molar-refractivity contribution in [2.24, 2.45) is 0 Å². The van der Waals surface area contributed by atoms with Crippen LogP contribution >= 0.6 is 0 Å². The van der Waals surface area contributed by atoms with Crippen LogP contribution in [-0.4, -0.2) is 18.7 Å². The number of ether oxygens (including phenoxy) is 1. The zero-order valence-corrected chi connectivity index (χ0v) is 10.4. The van der Waals surface area contributed by atoms with Crippen molar-refractivity contribution in [3.63, 3.8) is 0 Å². The minimum absolute atomic E-state index is 0.0454. The number of rotatable bonds is 3. The molecule has 1 saturated heterocycles. The van der Waals surface area contributed by atoms with Crippen LogP contribution in [0.3, 0.4) is 0 Å². The Bertz CT molecular complexity index is 369. The third-order valence-electron chi connectivity index (χ3n) is 3.25. The lowest BCUT2D eigenvalue weighted by Crippen LogP contribution is -2.46. The third kappa shape index (κ3) is 3.05. The molecule has 94 valence electrons. The third-order valence-corrected chi connectivity index (χ3v) is 3.25. The molecule has 1 heterocycles. The Hall–Kier alpha value is -0.930.